The zero-order valence-electron chi connectivity index (χ0n) is 13.6. The number of halogens is 1. The summed E-state index contributed by atoms with van der Waals surface area (Å²) in [4.78, 5) is 23.5. The molecular weight excluding hydrogens is 358 g/mol. The number of carbonyl (C=O) groups excluding carboxylic acids is 1. The molecular formula is C18H24BrNO3. The SMILES string of the molecule is CC(C)(Cc1ccc(Br)cc1)NC(=O)C1CCC(C(=O)O)CC1. The molecule has 4 nitrogen and oxygen atoms in total. The van der Waals surface area contributed by atoms with Crippen molar-refractivity contribution in [1.29, 1.82) is 0 Å². The van der Waals surface area contributed by atoms with Crippen molar-refractivity contribution < 1.29 is 14.7 Å². The van der Waals surface area contributed by atoms with Crippen LogP contribution in [-0.4, -0.2) is 22.5 Å². The average molecular weight is 382 g/mol. The van der Waals surface area contributed by atoms with Crippen molar-refractivity contribution in [2.45, 2.75) is 51.5 Å². The Morgan fingerprint density at radius 2 is 1.65 bits per heavy atom. The number of nitrogens with one attached hydrogen (secondary N) is 1. The molecule has 2 N–H and O–H groups in total. The molecule has 0 heterocycles. The van der Waals surface area contributed by atoms with Gasteiger partial charge in [-0.25, -0.2) is 0 Å². The zero-order chi connectivity index (χ0) is 17.0. The van der Waals surface area contributed by atoms with Crippen molar-refractivity contribution in [2.24, 2.45) is 11.8 Å². The molecule has 0 radical (unpaired) electrons. The Labute approximate surface area is 145 Å². The number of hydrogen-bond acceptors (Lipinski definition) is 2. The van der Waals surface area contributed by atoms with Gasteiger partial charge in [-0.1, -0.05) is 28.1 Å². The molecule has 1 fully saturated rings. The summed E-state index contributed by atoms with van der Waals surface area (Å²) in [7, 11) is 0. The first-order valence-corrected chi connectivity index (χ1v) is 8.85. The van der Waals surface area contributed by atoms with Crippen LogP contribution in [0.15, 0.2) is 28.7 Å². The van der Waals surface area contributed by atoms with Gasteiger partial charge in [0.2, 0.25) is 5.91 Å². The highest BCUT2D eigenvalue weighted by atomic mass is 79.9. The quantitative estimate of drug-likeness (QED) is 0.815. The lowest BCUT2D eigenvalue weighted by Crippen LogP contribution is -2.48. The average Bonchev–Trinajstić information content (AvgIpc) is 2.49. The van der Waals surface area contributed by atoms with E-state index in [9.17, 15) is 9.59 Å². The van der Waals surface area contributed by atoms with Crippen LogP contribution < -0.4 is 5.32 Å². The van der Waals surface area contributed by atoms with Crippen LogP contribution in [0.3, 0.4) is 0 Å². The molecule has 1 amide bonds. The molecule has 0 unspecified atom stereocenters. The molecule has 0 saturated heterocycles. The summed E-state index contributed by atoms with van der Waals surface area (Å²) in [6.45, 7) is 4.05. The van der Waals surface area contributed by atoms with Crippen molar-refractivity contribution in [3.8, 4) is 0 Å². The second-order valence-corrected chi connectivity index (χ2v) is 7.98. The maximum atomic E-state index is 12.5. The predicted molar refractivity (Wildman–Crippen MR) is 93.2 cm³/mol. The van der Waals surface area contributed by atoms with E-state index in [2.05, 4.69) is 33.4 Å². The Balaban J connectivity index is 1.88. The lowest BCUT2D eigenvalue weighted by atomic mass is 9.81. The molecule has 126 valence electrons. The monoisotopic (exact) mass is 381 g/mol. The standard InChI is InChI=1S/C18H24BrNO3/c1-18(2,11-12-3-9-15(19)10-4-12)20-16(21)13-5-7-14(8-6-13)17(22)23/h3-4,9-10,13-14H,5-8,11H2,1-2H3,(H,20,21)(H,22,23). The normalized spacial score (nSPS) is 21.7. The molecule has 0 spiro atoms. The van der Waals surface area contributed by atoms with Gasteiger partial charge in [0, 0.05) is 15.9 Å². The minimum absolute atomic E-state index is 0.0518. The summed E-state index contributed by atoms with van der Waals surface area (Å²) in [5.41, 5.74) is 0.849. The van der Waals surface area contributed by atoms with Gasteiger partial charge in [0.15, 0.2) is 0 Å². The number of amides is 1. The summed E-state index contributed by atoms with van der Waals surface area (Å²) in [5, 5.41) is 12.2. The third kappa shape index (κ3) is 5.34. The van der Waals surface area contributed by atoms with Gasteiger partial charge in [0.25, 0.3) is 0 Å². The third-order valence-electron chi connectivity index (χ3n) is 4.47. The number of carboxylic acids is 1. The van der Waals surface area contributed by atoms with Crippen LogP contribution in [0.5, 0.6) is 0 Å². The number of carbonyl (C=O) groups is 2. The summed E-state index contributed by atoms with van der Waals surface area (Å²) in [6, 6.07) is 8.10. The lowest BCUT2D eigenvalue weighted by Gasteiger charge is -2.31. The van der Waals surface area contributed by atoms with Gasteiger partial charge in [0.05, 0.1) is 5.92 Å². The van der Waals surface area contributed by atoms with E-state index in [0.717, 1.165) is 10.9 Å². The van der Waals surface area contributed by atoms with Gasteiger partial charge < -0.3 is 10.4 Å². The van der Waals surface area contributed by atoms with E-state index in [1.807, 2.05) is 26.0 Å². The fourth-order valence-electron chi connectivity index (χ4n) is 3.19. The highest BCUT2D eigenvalue weighted by Gasteiger charge is 2.32. The van der Waals surface area contributed by atoms with Crippen LogP contribution in [0.1, 0.15) is 45.1 Å². The number of benzene rings is 1. The van der Waals surface area contributed by atoms with E-state index in [-0.39, 0.29) is 23.3 Å². The van der Waals surface area contributed by atoms with Crippen LogP contribution in [0.4, 0.5) is 0 Å². The molecule has 0 atom stereocenters. The molecule has 1 aliphatic carbocycles. The third-order valence-corrected chi connectivity index (χ3v) is 5.00. The Kier molecular flexibility index (Phi) is 5.84. The topological polar surface area (TPSA) is 66.4 Å². The van der Waals surface area contributed by atoms with E-state index in [1.54, 1.807) is 0 Å². The number of rotatable bonds is 5. The fraction of sp³-hybridized carbons (Fsp3) is 0.556. The van der Waals surface area contributed by atoms with E-state index < -0.39 is 5.97 Å². The van der Waals surface area contributed by atoms with Crippen LogP contribution in [0, 0.1) is 11.8 Å². The summed E-state index contributed by atoms with van der Waals surface area (Å²) < 4.78 is 1.04. The van der Waals surface area contributed by atoms with Crippen LogP contribution in [-0.2, 0) is 16.0 Å². The van der Waals surface area contributed by atoms with Crippen molar-refractivity contribution in [3.63, 3.8) is 0 Å². The van der Waals surface area contributed by atoms with Crippen molar-refractivity contribution in [3.05, 3.63) is 34.3 Å². The number of carboxylic acid groups (broad SMARTS) is 1. The van der Waals surface area contributed by atoms with E-state index >= 15 is 0 Å². The Bertz CT molecular complexity index is 560. The largest absolute Gasteiger partial charge is 0.481 e. The molecule has 1 saturated carbocycles. The number of aliphatic carboxylic acids is 1. The van der Waals surface area contributed by atoms with Gasteiger partial charge in [-0.2, -0.15) is 0 Å². The minimum atomic E-state index is -0.737. The van der Waals surface area contributed by atoms with Gasteiger partial charge in [0.1, 0.15) is 0 Å². The van der Waals surface area contributed by atoms with E-state index in [1.165, 1.54) is 5.56 Å². The zero-order valence-corrected chi connectivity index (χ0v) is 15.2. The Morgan fingerprint density at radius 1 is 1.13 bits per heavy atom. The molecule has 0 aliphatic heterocycles. The maximum absolute atomic E-state index is 12.5. The summed E-state index contributed by atoms with van der Waals surface area (Å²) >= 11 is 3.42. The molecule has 1 aliphatic rings. The molecule has 23 heavy (non-hydrogen) atoms. The number of hydrogen-bond donors (Lipinski definition) is 2. The highest BCUT2D eigenvalue weighted by molar-refractivity contribution is 9.10. The Hall–Kier alpha value is -1.36. The van der Waals surface area contributed by atoms with Crippen molar-refractivity contribution >= 4 is 27.8 Å². The smallest absolute Gasteiger partial charge is 0.306 e. The highest BCUT2D eigenvalue weighted by Crippen LogP contribution is 2.29. The fourth-order valence-corrected chi connectivity index (χ4v) is 3.46. The molecule has 0 bridgehead atoms. The lowest BCUT2D eigenvalue weighted by molar-refractivity contribution is -0.144. The van der Waals surface area contributed by atoms with Crippen molar-refractivity contribution in [2.75, 3.05) is 0 Å². The van der Waals surface area contributed by atoms with Gasteiger partial charge in [-0.3, -0.25) is 9.59 Å². The summed E-state index contributed by atoms with van der Waals surface area (Å²) in [6.07, 6.45) is 3.28. The maximum Gasteiger partial charge on any atom is 0.306 e. The molecule has 5 heteroatoms. The van der Waals surface area contributed by atoms with Crippen LogP contribution >= 0.6 is 15.9 Å². The van der Waals surface area contributed by atoms with Crippen molar-refractivity contribution in [1.82, 2.24) is 5.32 Å². The molecule has 2 rings (SSSR count). The first kappa shape index (κ1) is 18.0. The molecule has 1 aromatic rings. The predicted octanol–water partition coefficient (Wildman–Crippen LogP) is 3.78. The molecule has 0 aromatic heterocycles. The Morgan fingerprint density at radius 3 is 2.17 bits per heavy atom. The summed E-state index contributed by atoms with van der Waals surface area (Å²) in [5.74, 6) is -1.03. The molecule has 1 aromatic carbocycles. The van der Waals surface area contributed by atoms with Gasteiger partial charge >= 0.3 is 5.97 Å². The van der Waals surface area contributed by atoms with Gasteiger partial charge in [-0.05, 0) is 63.6 Å². The first-order valence-electron chi connectivity index (χ1n) is 8.06. The van der Waals surface area contributed by atoms with E-state index in [0.29, 0.717) is 25.7 Å². The van der Waals surface area contributed by atoms with Crippen LogP contribution in [0.2, 0.25) is 0 Å². The van der Waals surface area contributed by atoms with Crippen LogP contribution in [0.25, 0.3) is 0 Å². The van der Waals surface area contributed by atoms with E-state index in [4.69, 9.17) is 5.11 Å². The second kappa shape index (κ2) is 7.47. The van der Waals surface area contributed by atoms with Gasteiger partial charge in [-0.15, -0.1) is 0 Å². The second-order valence-electron chi connectivity index (χ2n) is 7.06. The first-order chi connectivity index (χ1) is 10.8. The minimum Gasteiger partial charge on any atom is -0.481 e.